The van der Waals surface area contributed by atoms with E-state index in [0.29, 0.717) is 19.6 Å². The Labute approximate surface area is 124 Å². The fourth-order valence-electron chi connectivity index (χ4n) is 2.70. The van der Waals surface area contributed by atoms with Crippen LogP contribution >= 0.6 is 0 Å². The Bertz CT molecular complexity index is 507. The summed E-state index contributed by atoms with van der Waals surface area (Å²) in [5.74, 6) is 1.10. The average molecular weight is 292 g/mol. The van der Waals surface area contributed by atoms with Crippen molar-refractivity contribution in [3.63, 3.8) is 0 Å². The third-order valence-electron chi connectivity index (χ3n) is 3.95. The molecular formula is C16H20O5. The summed E-state index contributed by atoms with van der Waals surface area (Å²) in [6.07, 6.45) is 2.72. The second-order valence-corrected chi connectivity index (χ2v) is 5.45. The van der Waals surface area contributed by atoms with E-state index < -0.39 is 0 Å². The van der Waals surface area contributed by atoms with Gasteiger partial charge in [0.25, 0.3) is 0 Å². The average Bonchev–Trinajstić information content (AvgIpc) is 3.05. The van der Waals surface area contributed by atoms with Crippen molar-refractivity contribution in [2.24, 2.45) is 5.92 Å². The predicted octanol–water partition coefficient (Wildman–Crippen LogP) is 1.97. The van der Waals surface area contributed by atoms with Crippen LogP contribution in [0.3, 0.4) is 0 Å². The van der Waals surface area contributed by atoms with E-state index in [9.17, 15) is 4.79 Å². The number of benzene rings is 1. The fourth-order valence-corrected chi connectivity index (χ4v) is 2.70. The zero-order valence-corrected chi connectivity index (χ0v) is 12.2. The van der Waals surface area contributed by atoms with Crippen molar-refractivity contribution in [1.82, 2.24) is 0 Å². The van der Waals surface area contributed by atoms with E-state index in [2.05, 4.69) is 0 Å². The standard InChI is InChI=1S/C16H20O5/c1-18-13-5-4-11-7-12(9-20-15(11)8-13)16(17)21-10-14-3-2-6-19-14/h4-5,8,12,14H,2-3,6-7,9-10H2,1H3/t12-,14+/m0/s1. The molecule has 0 aromatic heterocycles. The summed E-state index contributed by atoms with van der Waals surface area (Å²) in [5.41, 5.74) is 1.01. The molecular weight excluding hydrogens is 272 g/mol. The lowest BCUT2D eigenvalue weighted by Crippen LogP contribution is -2.31. The fraction of sp³-hybridized carbons (Fsp3) is 0.562. The SMILES string of the molecule is COc1ccc2c(c1)OC[C@@H](C(=O)OC[C@H]1CCCO1)C2. The zero-order chi connectivity index (χ0) is 14.7. The van der Waals surface area contributed by atoms with Gasteiger partial charge in [-0.15, -0.1) is 0 Å². The highest BCUT2D eigenvalue weighted by Crippen LogP contribution is 2.31. The van der Waals surface area contributed by atoms with Gasteiger partial charge in [0.15, 0.2) is 0 Å². The highest BCUT2D eigenvalue weighted by Gasteiger charge is 2.28. The molecule has 21 heavy (non-hydrogen) atoms. The van der Waals surface area contributed by atoms with Crippen LogP contribution in [0, 0.1) is 5.92 Å². The normalized spacial score (nSPS) is 24.0. The second-order valence-electron chi connectivity index (χ2n) is 5.45. The molecule has 2 atom stereocenters. The molecule has 0 aliphatic carbocycles. The van der Waals surface area contributed by atoms with Gasteiger partial charge in [0.1, 0.15) is 24.7 Å². The Kier molecular flexibility index (Phi) is 4.29. The molecule has 1 aromatic rings. The van der Waals surface area contributed by atoms with Crippen LogP contribution in [0.2, 0.25) is 0 Å². The van der Waals surface area contributed by atoms with Crippen LogP contribution in [0.5, 0.6) is 11.5 Å². The second kappa shape index (κ2) is 6.35. The third-order valence-corrected chi connectivity index (χ3v) is 3.95. The summed E-state index contributed by atoms with van der Waals surface area (Å²) in [5, 5.41) is 0. The van der Waals surface area contributed by atoms with Crippen LogP contribution < -0.4 is 9.47 Å². The van der Waals surface area contributed by atoms with E-state index >= 15 is 0 Å². The number of hydrogen-bond donors (Lipinski definition) is 0. The molecule has 5 heteroatoms. The highest BCUT2D eigenvalue weighted by atomic mass is 16.6. The third kappa shape index (κ3) is 3.29. The molecule has 0 amide bonds. The largest absolute Gasteiger partial charge is 0.497 e. The van der Waals surface area contributed by atoms with E-state index in [1.807, 2.05) is 18.2 Å². The first-order valence-electron chi connectivity index (χ1n) is 7.34. The van der Waals surface area contributed by atoms with Crippen molar-refractivity contribution in [2.45, 2.75) is 25.4 Å². The van der Waals surface area contributed by atoms with Crippen molar-refractivity contribution < 1.29 is 23.7 Å². The molecule has 0 saturated carbocycles. The number of carbonyl (C=O) groups is 1. The van der Waals surface area contributed by atoms with Gasteiger partial charge in [-0.05, 0) is 30.9 Å². The van der Waals surface area contributed by atoms with Crippen LogP contribution in [-0.4, -0.2) is 39.0 Å². The topological polar surface area (TPSA) is 54.0 Å². The smallest absolute Gasteiger partial charge is 0.312 e. The van der Waals surface area contributed by atoms with Gasteiger partial charge < -0.3 is 18.9 Å². The van der Waals surface area contributed by atoms with Crippen molar-refractivity contribution in [3.8, 4) is 11.5 Å². The first-order valence-corrected chi connectivity index (χ1v) is 7.34. The maximum absolute atomic E-state index is 12.1. The molecule has 2 aliphatic heterocycles. The number of ether oxygens (including phenoxy) is 4. The number of methoxy groups -OCH3 is 1. The maximum Gasteiger partial charge on any atom is 0.312 e. The maximum atomic E-state index is 12.1. The predicted molar refractivity (Wildman–Crippen MR) is 75.6 cm³/mol. The summed E-state index contributed by atoms with van der Waals surface area (Å²) >= 11 is 0. The van der Waals surface area contributed by atoms with Crippen LogP contribution in [0.1, 0.15) is 18.4 Å². The molecule has 114 valence electrons. The van der Waals surface area contributed by atoms with Gasteiger partial charge in [0.2, 0.25) is 0 Å². The minimum absolute atomic E-state index is 0.0648. The summed E-state index contributed by atoms with van der Waals surface area (Å²) < 4.78 is 21.6. The molecule has 2 heterocycles. The molecule has 0 unspecified atom stereocenters. The Hall–Kier alpha value is -1.75. The number of fused-ring (bicyclic) bond motifs is 1. The van der Waals surface area contributed by atoms with Crippen LogP contribution in [0.4, 0.5) is 0 Å². The Morgan fingerprint density at radius 2 is 2.33 bits per heavy atom. The quantitative estimate of drug-likeness (QED) is 0.794. The zero-order valence-electron chi connectivity index (χ0n) is 12.2. The van der Waals surface area contributed by atoms with Crippen LogP contribution in [0.15, 0.2) is 18.2 Å². The van der Waals surface area contributed by atoms with Gasteiger partial charge in [-0.3, -0.25) is 4.79 Å². The molecule has 1 saturated heterocycles. The Morgan fingerprint density at radius 1 is 1.43 bits per heavy atom. The van der Waals surface area contributed by atoms with Crippen molar-refractivity contribution in [3.05, 3.63) is 23.8 Å². The van der Waals surface area contributed by atoms with E-state index in [-0.39, 0.29) is 18.0 Å². The van der Waals surface area contributed by atoms with Crippen molar-refractivity contribution in [2.75, 3.05) is 26.9 Å². The van der Waals surface area contributed by atoms with E-state index in [1.54, 1.807) is 7.11 Å². The molecule has 1 aromatic carbocycles. The molecule has 0 spiro atoms. The number of carbonyl (C=O) groups excluding carboxylic acids is 1. The van der Waals surface area contributed by atoms with Gasteiger partial charge in [0, 0.05) is 12.7 Å². The van der Waals surface area contributed by atoms with E-state index in [1.165, 1.54) is 0 Å². The lowest BCUT2D eigenvalue weighted by molar-refractivity contribution is -0.153. The summed E-state index contributed by atoms with van der Waals surface area (Å²) in [6, 6.07) is 5.67. The molecule has 0 bridgehead atoms. The van der Waals surface area contributed by atoms with E-state index in [4.69, 9.17) is 18.9 Å². The summed E-state index contributed by atoms with van der Waals surface area (Å²) in [6.45, 7) is 1.47. The minimum atomic E-state index is -0.243. The molecule has 2 aliphatic rings. The van der Waals surface area contributed by atoms with Gasteiger partial charge in [-0.1, -0.05) is 6.07 Å². The van der Waals surface area contributed by atoms with E-state index in [0.717, 1.165) is 36.5 Å². The van der Waals surface area contributed by atoms with Gasteiger partial charge in [0.05, 0.1) is 19.1 Å². The lowest BCUT2D eigenvalue weighted by atomic mass is 9.97. The summed E-state index contributed by atoms with van der Waals surface area (Å²) in [4.78, 5) is 12.1. The number of rotatable bonds is 4. The number of esters is 1. The van der Waals surface area contributed by atoms with Gasteiger partial charge in [-0.25, -0.2) is 0 Å². The van der Waals surface area contributed by atoms with Crippen LogP contribution in [0.25, 0.3) is 0 Å². The van der Waals surface area contributed by atoms with Crippen LogP contribution in [-0.2, 0) is 20.7 Å². The highest BCUT2D eigenvalue weighted by molar-refractivity contribution is 5.73. The lowest BCUT2D eigenvalue weighted by Gasteiger charge is -2.24. The minimum Gasteiger partial charge on any atom is -0.497 e. The molecule has 0 N–H and O–H groups in total. The Balaban J connectivity index is 1.56. The van der Waals surface area contributed by atoms with Crippen molar-refractivity contribution in [1.29, 1.82) is 0 Å². The first-order chi connectivity index (χ1) is 10.3. The first kappa shape index (κ1) is 14.2. The molecule has 0 radical (unpaired) electrons. The molecule has 3 rings (SSSR count). The molecule has 5 nitrogen and oxygen atoms in total. The Morgan fingerprint density at radius 3 is 3.10 bits per heavy atom. The van der Waals surface area contributed by atoms with Gasteiger partial charge in [-0.2, -0.15) is 0 Å². The monoisotopic (exact) mass is 292 g/mol. The molecule has 1 fully saturated rings. The van der Waals surface area contributed by atoms with Gasteiger partial charge >= 0.3 is 5.97 Å². The van der Waals surface area contributed by atoms with Crippen molar-refractivity contribution >= 4 is 5.97 Å². The number of hydrogen-bond acceptors (Lipinski definition) is 5. The summed E-state index contributed by atoms with van der Waals surface area (Å²) in [7, 11) is 1.62.